The molecule has 0 saturated carbocycles. The first-order valence-corrected chi connectivity index (χ1v) is 8.48. The van der Waals surface area contributed by atoms with Crippen LogP contribution in [0, 0.1) is 0 Å². The Labute approximate surface area is 152 Å². The Bertz CT molecular complexity index is 777. The molecule has 0 unspecified atom stereocenters. The Kier molecular flexibility index (Phi) is 5.80. The van der Waals surface area contributed by atoms with Crippen molar-refractivity contribution in [2.24, 2.45) is 0 Å². The summed E-state index contributed by atoms with van der Waals surface area (Å²) in [6.45, 7) is 2.77. The van der Waals surface area contributed by atoms with Crippen molar-refractivity contribution >= 4 is 17.9 Å². The fraction of sp³-hybridized carbons (Fsp3) is 0.316. The lowest BCUT2D eigenvalue weighted by Crippen LogP contribution is -2.26. The monoisotopic (exact) mass is 354 g/mol. The molecule has 0 amide bonds. The summed E-state index contributed by atoms with van der Waals surface area (Å²) < 4.78 is 5.42. The van der Waals surface area contributed by atoms with Gasteiger partial charge in [-0.15, -0.1) is 0 Å². The number of hydrogen-bond donors (Lipinski definition) is 2. The molecule has 1 atom stereocenters. The molecule has 7 nitrogen and oxygen atoms in total. The molecule has 1 aliphatic rings. The van der Waals surface area contributed by atoms with Gasteiger partial charge in [0, 0.05) is 37.3 Å². The summed E-state index contributed by atoms with van der Waals surface area (Å²) in [5, 5.41) is 12.0. The SMILES string of the molecule is COc1ccccc1CN1CC[C@@H](Nc2cnc(/C=C/C(=O)O)cn2)C1. The van der Waals surface area contributed by atoms with Gasteiger partial charge in [-0.3, -0.25) is 9.88 Å². The number of rotatable bonds is 7. The summed E-state index contributed by atoms with van der Waals surface area (Å²) in [7, 11) is 1.70. The zero-order valence-electron chi connectivity index (χ0n) is 14.6. The maximum Gasteiger partial charge on any atom is 0.328 e. The summed E-state index contributed by atoms with van der Waals surface area (Å²) in [6, 6.07) is 8.38. The van der Waals surface area contributed by atoms with Gasteiger partial charge in [0.15, 0.2) is 0 Å². The van der Waals surface area contributed by atoms with Crippen molar-refractivity contribution in [2.45, 2.75) is 19.0 Å². The minimum atomic E-state index is -1.00. The van der Waals surface area contributed by atoms with Crippen LogP contribution in [-0.2, 0) is 11.3 Å². The van der Waals surface area contributed by atoms with Gasteiger partial charge in [0.05, 0.1) is 25.2 Å². The van der Waals surface area contributed by atoms with Crippen LogP contribution < -0.4 is 10.1 Å². The molecule has 136 valence electrons. The van der Waals surface area contributed by atoms with Gasteiger partial charge < -0.3 is 15.2 Å². The lowest BCUT2D eigenvalue weighted by Gasteiger charge is -2.18. The van der Waals surface area contributed by atoms with Crippen LogP contribution in [-0.4, -0.2) is 52.2 Å². The number of carboxylic acid groups (broad SMARTS) is 1. The van der Waals surface area contributed by atoms with Crippen LogP contribution in [0.5, 0.6) is 5.75 Å². The Morgan fingerprint density at radius 2 is 2.23 bits per heavy atom. The molecule has 2 heterocycles. The predicted octanol–water partition coefficient (Wildman–Crippen LogP) is 2.27. The van der Waals surface area contributed by atoms with Gasteiger partial charge in [-0.2, -0.15) is 0 Å². The average molecular weight is 354 g/mol. The second-order valence-electron chi connectivity index (χ2n) is 6.17. The van der Waals surface area contributed by atoms with Crippen LogP contribution in [0.2, 0.25) is 0 Å². The molecule has 1 saturated heterocycles. The summed E-state index contributed by atoms with van der Waals surface area (Å²) in [5.41, 5.74) is 1.70. The molecular formula is C19H22N4O3. The smallest absolute Gasteiger partial charge is 0.328 e. The van der Waals surface area contributed by atoms with E-state index in [0.717, 1.165) is 37.9 Å². The van der Waals surface area contributed by atoms with Crippen molar-refractivity contribution in [2.75, 3.05) is 25.5 Å². The van der Waals surface area contributed by atoms with E-state index in [1.54, 1.807) is 19.5 Å². The first-order valence-electron chi connectivity index (χ1n) is 8.48. The number of hydrogen-bond acceptors (Lipinski definition) is 6. The zero-order chi connectivity index (χ0) is 18.4. The van der Waals surface area contributed by atoms with Crippen LogP contribution in [0.3, 0.4) is 0 Å². The van der Waals surface area contributed by atoms with Crippen LogP contribution in [0.1, 0.15) is 17.7 Å². The molecular weight excluding hydrogens is 332 g/mol. The van der Waals surface area contributed by atoms with Gasteiger partial charge in [0.25, 0.3) is 0 Å². The summed E-state index contributed by atoms with van der Waals surface area (Å²) in [6.07, 6.45) is 6.68. The number of methoxy groups -OCH3 is 1. The molecule has 3 rings (SSSR count). The van der Waals surface area contributed by atoms with E-state index in [-0.39, 0.29) is 0 Å². The third-order valence-electron chi connectivity index (χ3n) is 4.28. The first-order chi connectivity index (χ1) is 12.6. The number of carbonyl (C=O) groups is 1. The van der Waals surface area contributed by atoms with Crippen molar-refractivity contribution < 1.29 is 14.6 Å². The first kappa shape index (κ1) is 17.9. The number of nitrogens with one attached hydrogen (secondary N) is 1. The number of ether oxygens (including phenoxy) is 1. The maximum atomic E-state index is 10.5. The average Bonchev–Trinajstić information content (AvgIpc) is 3.08. The number of likely N-dealkylation sites (tertiary alicyclic amines) is 1. The van der Waals surface area contributed by atoms with Gasteiger partial charge in [0.2, 0.25) is 0 Å². The number of anilines is 1. The van der Waals surface area contributed by atoms with E-state index < -0.39 is 5.97 Å². The van der Waals surface area contributed by atoms with Gasteiger partial charge in [-0.25, -0.2) is 9.78 Å². The third kappa shape index (κ3) is 4.80. The van der Waals surface area contributed by atoms with Crippen molar-refractivity contribution in [3.8, 4) is 5.75 Å². The van der Waals surface area contributed by atoms with Gasteiger partial charge in [-0.1, -0.05) is 18.2 Å². The number of aliphatic carboxylic acids is 1. The highest BCUT2D eigenvalue weighted by molar-refractivity contribution is 5.84. The number of carboxylic acids is 1. The molecule has 0 aliphatic carbocycles. The van der Waals surface area contributed by atoms with Gasteiger partial charge in [0.1, 0.15) is 11.6 Å². The topological polar surface area (TPSA) is 87.6 Å². The molecule has 1 aliphatic heterocycles. The Balaban J connectivity index is 1.53. The largest absolute Gasteiger partial charge is 0.496 e. The summed E-state index contributed by atoms with van der Waals surface area (Å²) >= 11 is 0. The highest BCUT2D eigenvalue weighted by Crippen LogP contribution is 2.22. The molecule has 2 aromatic rings. The molecule has 0 bridgehead atoms. The molecule has 1 aromatic heterocycles. The second-order valence-corrected chi connectivity index (χ2v) is 6.17. The van der Waals surface area contributed by atoms with E-state index in [1.807, 2.05) is 18.2 Å². The van der Waals surface area contributed by atoms with Crippen molar-refractivity contribution in [1.82, 2.24) is 14.9 Å². The van der Waals surface area contributed by atoms with Crippen LogP contribution in [0.4, 0.5) is 5.82 Å². The minimum absolute atomic E-state index is 0.305. The Morgan fingerprint density at radius 1 is 1.38 bits per heavy atom. The van der Waals surface area contributed by atoms with Crippen LogP contribution >= 0.6 is 0 Å². The fourth-order valence-corrected chi connectivity index (χ4v) is 3.03. The minimum Gasteiger partial charge on any atom is -0.496 e. The molecule has 0 spiro atoms. The van der Waals surface area contributed by atoms with E-state index in [2.05, 4.69) is 26.3 Å². The van der Waals surface area contributed by atoms with E-state index in [1.165, 1.54) is 11.6 Å². The van der Waals surface area contributed by atoms with Crippen molar-refractivity contribution in [1.29, 1.82) is 0 Å². The summed E-state index contributed by atoms with van der Waals surface area (Å²) in [4.78, 5) is 21.4. The van der Waals surface area contributed by atoms with E-state index >= 15 is 0 Å². The molecule has 1 fully saturated rings. The highest BCUT2D eigenvalue weighted by atomic mass is 16.5. The van der Waals surface area contributed by atoms with Crippen LogP contribution in [0.25, 0.3) is 6.08 Å². The molecule has 7 heteroatoms. The summed E-state index contributed by atoms with van der Waals surface area (Å²) in [5.74, 6) is 0.608. The zero-order valence-corrected chi connectivity index (χ0v) is 14.6. The number of para-hydroxylation sites is 1. The lowest BCUT2D eigenvalue weighted by molar-refractivity contribution is -0.131. The van der Waals surface area contributed by atoms with Gasteiger partial charge in [-0.05, 0) is 18.6 Å². The quantitative estimate of drug-likeness (QED) is 0.738. The number of benzene rings is 1. The lowest BCUT2D eigenvalue weighted by atomic mass is 10.2. The highest BCUT2D eigenvalue weighted by Gasteiger charge is 2.23. The van der Waals surface area contributed by atoms with Gasteiger partial charge >= 0.3 is 5.97 Å². The second kappa shape index (κ2) is 8.44. The number of nitrogens with zero attached hydrogens (tertiary/aromatic N) is 3. The molecule has 1 aromatic carbocycles. The molecule has 0 radical (unpaired) electrons. The van der Waals surface area contributed by atoms with Crippen molar-refractivity contribution in [3.05, 3.63) is 54.0 Å². The third-order valence-corrected chi connectivity index (χ3v) is 4.28. The Morgan fingerprint density at radius 3 is 2.96 bits per heavy atom. The fourth-order valence-electron chi connectivity index (χ4n) is 3.03. The van der Waals surface area contributed by atoms with E-state index in [9.17, 15) is 4.79 Å². The van der Waals surface area contributed by atoms with E-state index in [4.69, 9.17) is 9.84 Å². The van der Waals surface area contributed by atoms with Crippen molar-refractivity contribution in [3.63, 3.8) is 0 Å². The van der Waals surface area contributed by atoms with E-state index in [0.29, 0.717) is 17.6 Å². The Hall–Kier alpha value is -2.93. The maximum absolute atomic E-state index is 10.5. The number of aromatic nitrogens is 2. The van der Waals surface area contributed by atoms with Crippen LogP contribution in [0.15, 0.2) is 42.7 Å². The standard InChI is InChI=1S/C19H22N4O3/c1-26-17-5-3-2-4-14(17)12-23-9-8-16(13-23)22-18-11-20-15(10-21-18)6-7-19(24)25/h2-7,10-11,16H,8-9,12-13H2,1H3,(H,21,22)(H,24,25)/b7-6+/t16-/m1/s1. The molecule has 26 heavy (non-hydrogen) atoms. The predicted molar refractivity (Wildman–Crippen MR) is 99.0 cm³/mol. The molecule has 2 N–H and O–H groups in total. The normalized spacial score (nSPS) is 17.5.